The highest BCUT2D eigenvalue weighted by atomic mass is 32.2. The molecular weight excluding hydrogens is 320 g/mol. The van der Waals surface area contributed by atoms with Crippen LogP contribution in [0, 0.1) is 0 Å². The lowest BCUT2D eigenvalue weighted by atomic mass is 10.2. The SMILES string of the molecule is CSc1ccccc1NC(=O)/C=C/c1ccccc1OC(F)F. The molecule has 0 aliphatic rings. The highest BCUT2D eigenvalue weighted by Gasteiger charge is 2.08. The van der Waals surface area contributed by atoms with Gasteiger partial charge in [0.2, 0.25) is 5.91 Å². The van der Waals surface area contributed by atoms with Gasteiger partial charge in [0.1, 0.15) is 5.75 Å². The van der Waals surface area contributed by atoms with E-state index < -0.39 is 6.61 Å². The maximum atomic E-state index is 12.3. The van der Waals surface area contributed by atoms with Gasteiger partial charge in [-0.15, -0.1) is 11.8 Å². The molecule has 2 aromatic rings. The zero-order valence-electron chi connectivity index (χ0n) is 12.3. The number of hydrogen-bond acceptors (Lipinski definition) is 3. The van der Waals surface area contributed by atoms with Gasteiger partial charge in [0, 0.05) is 16.5 Å². The Morgan fingerprint density at radius 3 is 2.61 bits per heavy atom. The number of halogens is 2. The first kappa shape index (κ1) is 17.0. The number of amides is 1. The Balaban J connectivity index is 2.10. The molecule has 0 aliphatic heterocycles. The molecule has 0 heterocycles. The topological polar surface area (TPSA) is 38.3 Å². The fourth-order valence-corrected chi connectivity index (χ4v) is 2.46. The Kier molecular flexibility index (Phi) is 6.17. The average molecular weight is 335 g/mol. The first-order valence-electron chi connectivity index (χ1n) is 6.76. The summed E-state index contributed by atoms with van der Waals surface area (Å²) < 4.78 is 29.1. The van der Waals surface area contributed by atoms with Crippen molar-refractivity contribution in [1.29, 1.82) is 0 Å². The van der Waals surface area contributed by atoms with E-state index in [0.717, 1.165) is 4.90 Å². The zero-order valence-corrected chi connectivity index (χ0v) is 13.1. The van der Waals surface area contributed by atoms with E-state index in [1.807, 2.05) is 24.5 Å². The normalized spacial score (nSPS) is 11.0. The molecule has 0 unspecified atom stereocenters. The van der Waals surface area contributed by atoms with Gasteiger partial charge in [-0.25, -0.2) is 0 Å². The van der Waals surface area contributed by atoms with Crippen molar-refractivity contribution in [3.05, 3.63) is 60.2 Å². The van der Waals surface area contributed by atoms with Gasteiger partial charge < -0.3 is 10.1 Å². The summed E-state index contributed by atoms with van der Waals surface area (Å²) in [4.78, 5) is 12.9. The van der Waals surface area contributed by atoms with Crippen molar-refractivity contribution in [3.63, 3.8) is 0 Å². The van der Waals surface area contributed by atoms with Crippen LogP contribution < -0.4 is 10.1 Å². The van der Waals surface area contributed by atoms with E-state index in [1.54, 1.807) is 24.3 Å². The van der Waals surface area contributed by atoms with Crippen molar-refractivity contribution in [1.82, 2.24) is 0 Å². The second-order valence-electron chi connectivity index (χ2n) is 4.44. The van der Waals surface area contributed by atoms with Crippen LogP contribution in [-0.2, 0) is 4.79 Å². The minimum Gasteiger partial charge on any atom is -0.434 e. The van der Waals surface area contributed by atoms with Crippen LogP contribution in [-0.4, -0.2) is 18.8 Å². The van der Waals surface area contributed by atoms with Crippen molar-refractivity contribution in [2.24, 2.45) is 0 Å². The highest BCUT2D eigenvalue weighted by molar-refractivity contribution is 7.98. The van der Waals surface area contributed by atoms with E-state index in [4.69, 9.17) is 0 Å². The average Bonchev–Trinajstić information content (AvgIpc) is 2.54. The number of hydrogen-bond donors (Lipinski definition) is 1. The predicted molar refractivity (Wildman–Crippen MR) is 89.0 cm³/mol. The maximum absolute atomic E-state index is 12.3. The summed E-state index contributed by atoms with van der Waals surface area (Å²) in [6.45, 7) is -2.91. The van der Waals surface area contributed by atoms with E-state index >= 15 is 0 Å². The molecule has 2 aromatic carbocycles. The number of alkyl halides is 2. The Labute approximate surface area is 137 Å². The molecule has 6 heteroatoms. The third-order valence-electron chi connectivity index (χ3n) is 2.91. The van der Waals surface area contributed by atoms with Gasteiger partial charge in [-0.3, -0.25) is 4.79 Å². The third kappa shape index (κ3) is 5.10. The van der Waals surface area contributed by atoms with E-state index in [0.29, 0.717) is 11.3 Å². The summed E-state index contributed by atoms with van der Waals surface area (Å²) in [6, 6.07) is 13.7. The molecule has 0 saturated carbocycles. The van der Waals surface area contributed by atoms with Crippen LogP contribution in [0.1, 0.15) is 5.56 Å². The summed E-state index contributed by atoms with van der Waals surface area (Å²) in [5, 5.41) is 2.76. The minimum absolute atomic E-state index is 0.0241. The molecular formula is C17H15F2NO2S. The van der Waals surface area contributed by atoms with Crippen molar-refractivity contribution < 1.29 is 18.3 Å². The number of rotatable bonds is 6. The van der Waals surface area contributed by atoms with Gasteiger partial charge in [-0.05, 0) is 30.5 Å². The standard InChI is InChI=1S/C17H15F2NO2S/c1-23-15-9-5-3-7-13(15)20-16(21)11-10-12-6-2-4-8-14(12)22-17(18)19/h2-11,17H,1H3,(H,20,21)/b11-10+. The van der Waals surface area contributed by atoms with Gasteiger partial charge in [0.05, 0.1) is 5.69 Å². The fraction of sp³-hybridized carbons (Fsp3) is 0.118. The third-order valence-corrected chi connectivity index (χ3v) is 3.71. The quantitative estimate of drug-likeness (QED) is 0.616. The second kappa shape index (κ2) is 8.33. The molecule has 23 heavy (non-hydrogen) atoms. The van der Waals surface area contributed by atoms with Gasteiger partial charge in [-0.2, -0.15) is 8.78 Å². The van der Waals surface area contributed by atoms with Gasteiger partial charge in [0.15, 0.2) is 0 Å². The number of anilines is 1. The second-order valence-corrected chi connectivity index (χ2v) is 5.29. The lowest BCUT2D eigenvalue weighted by Gasteiger charge is -2.08. The molecule has 0 bridgehead atoms. The lowest BCUT2D eigenvalue weighted by Crippen LogP contribution is -2.08. The molecule has 1 amide bonds. The highest BCUT2D eigenvalue weighted by Crippen LogP contribution is 2.25. The Morgan fingerprint density at radius 2 is 1.87 bits per heavy atom. The van der Waals surface area contributed by atoms with Gasteiger partial charge in [-0.1, -0.05) is 30.3 Å². The number of carbonyl (C=O) groups excluding carboxylic acids is 1. The van der Waals surface area contributed by atoms with Crippen LogP contribution in [0.3, 0.4) is 0 Å². The summed E-state index contributed by atoms with van der Waals surface area (Å²) in [5.74, 6) is -0.325. The minimum atomic E-state index is -2.91. The first-order chi connectivity index (χ1) is 11.1. The molecule has 0 spiro atoms. The number of nitrogens with one attached hydrogen (secondary N) is 1. The molecule has 2 rings (SSSR count). The van der Waals surface area contributed by atoms with E-state index in [9.17, 15) is 13.6 Å². The van der Waals surface area contributed by atoms with Crippen LogP contribution in [0.5, 0.6) is 5.75 Å². The van der Waals surface area contributed by atoms with Gasteiger partial charge >= 0.3 is 6.61 Å². The molecule has 0 atom stereocenters. The van der Waals surface area contributed by atoms with E-state index in [1.165, 1.54) is 30.0 Å². The van der Waals surface area contributed by atoms with Crippen LogP contribution >= 0.6 is 11.8 Å². The summed E-state index contributed by atoms with van der Waals surface area (Å²) in [7, 11) is 0. The number of benzene rings is 2. The summed E-state index contributed by atoms with van der Waals surface area (Å²) in [5.41, 5.74) is 1.10. The van der Waals surface area contributed by atoms with Crippen molar-refractivity contribution in [3.8, 4) is 5.75 Å². The molecule has 120 valence electrons. The van der Waals surface area contributed by atoms with E-state index in [2.05, 4.69) is 10.1 Å². The molecule has 0 saturated heterocycles. The lowest BCUT2D eigenvalue weighted by molar-refractivity contribution is -0.111. The zero-order chi connectivity index (χ0) is 16.7. The molecule has 0 radical (unpaired) electrons. The Hall–Kier alpha value is -2.34. The first-order valence-corrected chi connectivity index (χ1v) is 7.98. The number of ether oxygens (including phenoxy) is 1. The van der Waals surface area contributed by atoms with Crippen LogP contribution in [0.15, 0.2) is 59.5 Å². The molecule has 0 aliphatic carbocycles. The summed E-state index contributed by atoms with van der Waals surface area (Å²) in [6.07, 6.45) is 4.64. The maximum Gasteiger partial charge on any atom is 0.387 e. The molecule has 0 aromatic heterocycles. The van der Waals surface area contributed by atoms with Crippen molar-refractivity contribution in [2.45, 2.75) is 11.5 Å². The molecule has 0 fully saturated rings. The molecule has 1 N–H and O–H groups in total. The predicted octanol–water partition coefficient (Wildman–Crippen LogP) is 4.66. The smallest absolute Gasteiger partial charge is 0.387 e. The monoisotopic (exact) mass is 335 g/mol. The van der Waals surface area contributed by atoms with Crippen molar-refractivity contribution >= 4 is 29.4 Å². The number of thioether (sulfide) groups is 1. The van der Waals surface area contributed by atoms with Crippen LogP contribution in [0.2, 0.25) is 0 Å². The summed E-state index contributed by atoms with van der Waals surface area (Å²) >= 11 is 1.52. The fourth-order valence-electron chi connectivity index (χ4n) is 1.91. The van der Waals surface area contributed by atoms with E-state index in [-0.39, 0.29) is 11.7 Å². The number of para-hydroxylation sites is 2. The molecule has 3 nitrogen and oxygen atoms in total. The van der Waals surface area contributed by atoms with Gasteiger partial charge in [0.25, 0.3) is 0 Å². The van der Waals surface area contributed by atoms with Crippen LogP contribution in [0.4, 0.5) is 14.5 Å². The number of carbonyl (C=O) groups is 1. The van der Waals surface area contributed by atoms with Crippen molar-refractivity contribution in [2.75, 3.05) is 11.6 Å². The Bertz CT molecular complexity index is 704. The largest absolute Gasteiger partial charge is 0.434 e. The van der Waals surface area contributed by atoms with Crippen LogP contribution in [0.25, 0.3) is 6.08 Å². The Morgan fingerprint density at radius 1 is 1.17 bits per heavy atom.